The lowest BCUT2D eigenvalue weighted by Gasteiger charge is -2.27. The number of fused-ring (bicyclic) bond motifs is 4. The first-order valence-corrected chi connectivity index (χ1v) is 25.0. The second-order valence-corrected chi connectivity index (χ2v) is 21.6. The third-order valence-electron chi connectivity index (χ3n) is 10.00. The van der Waals surface area contributed by atoms with Crippen LogP contribution in [0.3, 0.4) is 0 Å². The highest BCUT2D eigenvalue weighted by atomic mass is 32.2. The highest BCUT2D eigenvalue weighted by Gasteiger charge is 2.18. The fourth-order valence-electron chi connectivity index (χ4n) is 6.85. The first kappa shape index (κ1) is 46.2. The number of aromatic nitrogens is 4. The molecule has 8 rings (SSSR count). The summed E-state index contributed by atoms with van der Waals surface area (Å²) >= 11 is 23.1. The molecule has 4 heterocycles. The molecule has 14 nitrogen and oxygen atoms in total. The molecule has 22 heteroatoms. The molecule has 0 bridgehead atoms. The molecule has 0 aliphatic heterocycles. The summed E-state index contributed by atoms with van der Waals surface area (Å²) in [7, 11) is 0. The summed E-state index contributed by atoms with van der Waals surface area (Å²) in [6, 6.07) is 22.1. The van der Waals surface area contributed by atoms with Gasteiger partial charge >= 0.3 is 0 Å². The molecule has 0 aliphatic carbocycles. The molecule has 4 N–H and O–H groups in total. The van der Waals surface area contributed by atoms with E-state index in [-0.39, 0.29) is 49.3 Å². The highest BCUT2D eigenvalue weighted by molar-refractivity contribution is 7.83. The van der Waals surface area contributed by atoms with Crippen molar-refractivity contribution in [1.82, 2.24) is 29.7 Å². The average molecular weight is 1010 g/mol. The van der Waals surface area contributed by atoms with Crippen molar-refractivity contribution in [2.75, 3.05) is 60.5 Å². The van der Waals surface area contributed by atoms with Crippen LogP contribution in [0.4, 0.5) is 22.7 Å². The molecule has 4 amide bonds. The number of hydrogen-bond donors (Lipinski definition) is 8. The SMILES string of the molecule is O=C(CCN(CCC(=O)Nc1ccc2nc(S)sc2c1)CCN(CCC(=O)Nc1ccc2nc(S)sc2c1)CCC(=O)Nc1ccc2nc(S)sc2c1)Nc1ccc2nc(S)sc2c1. The van der Waals surface area contributed by atoms with Crippen LogP contribution in [0.15, 0.2) is 90.2 Å². The molecule has 0 unspecified atom stereocenters. The van der Waals surface area contributed by atoms with Crippen molar-refractivity contribution in [1.29, 1.82) is 0 Å². The maximum absolute atomic E-state index is 13.3. The van der Waals surface area contributed by atoms with Gasteiger partial charge in [-0.2, -0.15) is 0 Å². The van der Waals surface area contributed by atoms with Gasteiger partial charge in [-0.3, -0.25) is 19.2 Å². The number of hydrogen-bond acceptors (Lipinski definition) is 18. The van der Waals surface area contributed by atoms with Crippen molar-refractivity contribution < 1.29 is 19.2 Å². The molecule has 0 saturated carbocycles. The van der Waals surface area contributed by atoms with Gasteiger partial charge in [-0.25, -0.2) is 19.9 Å². The fraction of sp³-hybridized carbons (Fsp3) is 0.238. The van der Waals surface area contributed by atoms with Crippen molar-refractivity contribution >= 4 is 183 Å². The Morgan fingerprint density at radius 1 is 0.391 bits per heavy atom. The zero-order valence-corrected chi connectivity index (χ0v) is 40.6. The molecule has 0 saturated heterocycles. The Kier molecular flexibility index (Phi) is 15.4. The minimum atomic E-state index is -0.180. The summed E-state index contributed by atoms with van der Waals surface area (Å²) in [5.41, 5.74) is 5.86. The van der Waals surface area contributed by atoms with E-state index in [1.165, 1.54) is 45.3 Å². The maximum Gasteiger partial charge on any atom is 0.225 e. The third-order valence-corrected chi connectivity index (χ3v) is 14.8. The summed E-state index contributed by atoms with van der Waals surface area (Å²) in [6.07, 6.45) is 0.654. The Labute approximate surface area is 405 Å². The van der Waals surface area contributed by atoms with Crippen LogP contribution in [-0.4, -0.2) is 92.6 Å². The summed E-state index contributed by atoms with van der Waals surface area (Å²) in [6.45, 7) is 2.35. The predicted octanol–water partition coefficient (Wildman–Crippen LogP) is 9.30. The van der Waals surface area contributed by atoms with E-state index < -0.39 is 0 Å². The quantitative estimate of drug-likeness (QED) is 0.0365. The minimum absolute atomic E-state index is 0.163. The van der Waals surface area contributed by atoms with Crippen LogP contribution in [0.2, 0.25) is 0 Å². The van der Waals surface area contributed by atoms with E-state index >= 15 is 0 Å². The van der Waals surface area contributed by atoms with Gasteiger partial charge in [0, 0.05) is 87.7 Å². The van der Waals surface area contributed by atoms with E-state index in [1.807, 2.05) is 72.8 Å². The predicted molar refractivity (Wildman–Crippen MR) is 273 cm³/mol. The van der Waals surface area contributed by atoms with Gasteiger partial charge in [-0.1, -0.05) is 0 Å². The van der Waals surface area contributed by atoms with Gasteiger partial charge < -0.3 is 31.1 Å². The number of thiol groups is 4. The Hall–Kier alpha value is -4.36. The molecule has 330 valence electrons. The lowest BCUT2D eigenvalue weighted by molar-refractivity contribution is -0.118. The molecule has 0 radical (unpaired) electrons. The summed E-state index contributed by atoms with van der Waals surface area (Å²) in [5, 5.41) is 12.0. The fourth-order valence-corrected chi connectivity index (χ4v) is 11.4. The van der Waals surface area contributed by atoms with Gasteiger partial charge in [-0.15, -0.1) is 95.9 Å². The Morgan fingerprint density at radius 2 is 0.625 bits per heavy atom. The molecule has 64 heavy (non-hydrogen) atoms. The standard InChI is InChI=1S/C42H40N10O4S8/c53-35(43-23-1-5-27-31(19-23)61-39(57)47-27)9-13-51(14-10-36(54)44-24-2-6-28-32(20-24)62-40(58)48-28)17-18-52(15-11-37(55)45-25-3-7-29-33(21-25)63-41(59)49-29)16-12-38(56)46-26-4-8-30-34(22-26)64-42(60)50-30/h1-8,19-22H,9-18H2,(H,43,53)(H,44,54)(H,45,55)(H,46,56)(H,47,57)(H,48,58)(H,49,59)(H,50,60). The number of carbonyl (C=O) groups excluding carboxylic acids is 4. The first-order valence-electron chi connectivity index (χ1n) is 19.9. The highest BCUT2D eigenvalue weighted by Crippen LogP contribution is 2.30. The molecule has 0 spiro atoms. The van der Waals surface area contributed by atoms with Crippen LogP contribution in [0.5, 0.6) is 0 Å². The Morgan fingerprint density at radius 3 is 0.859 bits per heavy atom. The number of thiazole rings is 4. The first-order chi connectivity index (χ1) is 30.9. The number of anilines is 4. The van der Waals surface area contributed by atoms with Crippen LogP contribution < -0.4 is 21.3 Å². The molecule has 4 aromatic carbocycles. The molecule has 4 aromatic heterocycles. The second-order valence-electron chi connectivity index (χ2n) is 14.6. The van der Waals surface area contributed by atoms with Gasteiger partial charge in [0.15, 0.2) is 0 Å². The van der Waals surface area contributed by atoms with Crippen LogP contribution >= 0.6 is 95.9 Å². The summed E-state index contributed by atoms with van der Waals surface area (Å²) < 4.78 is 6.25. The largest absolute Gasteiger partial charge is 0.326 e. The lowest BCUT2D eigenvalue weighted by atomic mass is 10.2. The van der Waals surface area contributed by atoms with Crippen molar-refractivity contribution in [2.24, 2.45) is 0 Å². The number of nitrogens with zero attached hydrogens (tertiary/aromatic N) is 6. The number of rotatable bonds is 19. The molecule has 0 aliphatic rings. The number of amides is 4. The van der Waals surface area contributed by atoms with Crippen LogP contribution in [0, 0.1) is 0 Å². The normalized spacial score (nSPS) is 11.7. The van der Waals surface area contributed by atoms with Crippen molar-refractivity contribution in [2.45, 2.75) is 43.0 Å². The molecular formula is C42H40N10O4S8. The van der Waals surface area contributed by atoms with E-state index in [0.29, 0.717) is 79.4 Å². The second kappa shape index (κ2) is 21.3. The number of carbonyl (C=O) groups is 4. The van der Waals surface area contributed by atoms with Gasteiger partial charge in [0.05, 0.1) is 40.9 Å². The summed E-state index contributed by atoms with van der Waals surface area (Å²) in [4.78, 5) is 74.9. The molecule has 0 fully saturated rings. The zero-order chi connectivity index (χ0) is 44.7. The van der Waals surface area contributed by atoms with Gasteiger partial charge in [-0.05, 0) is 72.8 Å². The van der Waals surface area contributed by atoms with Gasteiger partial charge in [0.25, 0.3) is 0 Å². The maximum atomic E-state index is 13.3. The van der Waals surface area contributed by atoms with Gasteiger partial charge in [0.2, 0.25) is 23.6 Å². The van der Waals surface area contributed by atoms with E-state index in [2.05, 4.69) is 102 Å². The van der Waals surface area contributed by atoms with E-state index in [0.717, 1.165) is 40.9 Å². The van der Waals surface area contributed by atoms with E-state index in [9.17, 15) is 19.2 Å². The van der Waals surface area contributed by atoms with E-state index in [4.69, 9.17) is 0 Å². The molecule has 0 atom stereocenters. The van der Waals surface area contributed by atoms with Crippen molar-refractivity contribution in [3.63, 3.8) is 0 Å². The Bertz CT molecular complexity index is 2610. The van der Waals surface area contributed by atoms with Crippen LogP contribution in [-0.2, 0) is 19.2 Å². The monoisotopic (exact) mass is 1000 g/mol. The third kappa shape index (κ3) is 12.7. The van der Waals surface area contributed by atoms with Crippen molar-refractivity contribution in [3.05, 3.63) is 72.8 Å². The lowest BCUT2D eigenvalue weighted by Crippen LogP contribution is -2.40. The molecule has 8 aromatic rings. The zero-order valence-electron chi connectivity index (χ0n) is 33.7. The summed E-state index contributed by atoms with van der Waals surface area (Å²) in [5.74, 6) is -0.721. The Balaban J connectivity index is 0.928. The van der Waals surface area contributed by atoms with E-state index in [1.54, 1.807) is 0 Å². The molecular weight excluding hydrogens is 965 g/mol. The minimum Gasteiger partial charge on any atom is -0.326 e. The average Bonchev–Trinajstić information content (AvgIpc) is 4.02. The van der Waals surface area contributed by atoms with Crippen molar-refractivity contribution in [3.8, 4) is 0 Å². The number of nitrogens with one attached hydrogen (secondary N) is 4. The number of benzene rings is 4. The smallest absolute Gasteiger partial charge is 0.225 e. The van der Waals surface area contributed by atoms with Crippen LogP contribution in [0.1, 0.15) is 25.7 Å². The van der Waals surface area contributed by atoms with Gasteiger partial charge in [0.1, 0.15) is 17.4 Å². The van der Waals surface area contributed by atoms with Crippen LogP contribution in [0.25, 0.3) is 40.9 Å². The topological polar surface area (TPSA) is 174 Å².